The molecule has 0 aromatic heterocycles. The molecule has 3 rings (SSSR count). The Kier molecular flexibility index (Phi) is 6.55. The van der Waals surface area contributed by atoms with Crippen molar-refractivity contribution in [3.8, 4) is 0 Å². The van der Waals surface area contributed by atoms with Gasteiger partial charge in [-0.1, -0.05) is 53.5 Å². The highest BCUT2D eigenvalue weighted by Gasteiger charge is 2.25. The standard InChI is InChI=1S/C18H20Cl2N2O3S/c19-16-7-6-15(12-17(16)20)26(23,24)21-18(14-4-2-1-3-5-14)13-22-8-10-25-11-9-22/h1-7,12,18,21H,8-11,13H2/t18-/m0/s1. The third-order valence-corrected chi connectivity index (χ3v) is 6.45. The average molecular weight is 415 g/mol. The van der Waals surface area contributed by atoms with E-state index in [-0.39, 0.29) is 16.0 Å². The predicted molar refractivity (Wildman–Crippen MR) is 103 cm³/mol. The summed E-state index contributed by atoms with van der Waals surface area (Å²) in [6, 6.07) is 13.5. The van der Waals surface area contributed by atoms with Gasteiger partial charge in [-0.3, -0.25) is 4.90 Å². The summed E-state index contributed by atoms with van der Waals surface area (Å²) in [5, 5.41) is 0.525. The zero-order chi connectivity index (χ0) is 18.6. The Morgan fingerprint density at radius 3 is 2.38 bits per heavy atom. The highest BCUT2D eigenvalue weighted by Crippen LogP contribution is 2.26. The lowest BCUT2D eigenvalue weighted by Gasteiger charge is -2.31. The minimum Gasteiger partial charge on any atom is -0.379 e. The van der Waals surface area contributed by atoms with Gasteiger partial charge < -0.3 is 4.74 Å². The summed E-state index contributed by atoms with van der Waals surface area (Å²) >= 11 is 11.9. The van der Waals surface area contributed by atoms with Gasteiger partial charge in [0, 0.05) is 19.6 Å². The molecule has 1 aliphatic heterocycles. The fourth-order valence-electron chi connectivity index (χ4n) is 2.84. The Balaban J connectivity index is 1.85. The lowest BCUT2D eigenvalue weighted by atomic mass is 10.1. The Morgan fingerprint density at radius 1 is 1.04 bits per heavy atom. The third-order valence-electron chi connectivity index (χ3n) is 4.25. The van der Waals surface area contributed by atoms with E-state index in [9.17, 15) is 8.42 Å². The quantitative estimate of drug-likeness (QED) is 0.786. The Morgan fingerprint density at radius 2 is 1.73 bits per heavy atom. The molecule has 5 nitrogen and oxygen atoms in total. The summed E-state index contributed by atoms with van der Waals surface area (Å²) in [7, 11) is -3.75. The molecule has 2 aromatic rings. The normalized spacial score (nSPS) is 17.2. The van der Waals surface area contributed by atoms with Crippen molar-refractivity contribution in [1.82, 2.24) is 9.62 Å². The Bertz CT molecular complexity index is 841. The zero-order valence-corrected chi connectivity index (χ0v) is 16.4. The van der Waals surface area contributed by atoms with Crippen LogP contribution in [0.5, 0.6) is 0 Å². The van der Waals surface area contributed by atoms with E-state index < -0.39 is 10.0 Å². The van der Waals surface area contributed by atoms with Crippen molar-refractivity contribution in [3.05, 3.63) is 64.1 Å². The van der Waals surface area contributed by atoms with Gasteiger partial charge in [0.25, 0.3) is 0 Å². The molecular formula is C18H20Cl2N2O3S. The molecule has 0 spiro atoms. The second-order valence-electron chi connectivity index (χ2n) is 6.07. The Labute approximate surface area is 163 Å². The summed E-state index contributed by atoms with van der Waals surface area (Å²) in [6.07, 6.45) is 0. The van der Waals surface area contributed by atoms with Crippen LogP contribution in [0, 0.1) is 0 Å². The van der Waals surface area contributed by atoms with Gasteiger partial charge in [-0.25, -0.2) is 13.1 Å². The molecule has 1 saturated heterocycles. The monoisotopic (exact) mass is 414 g/mol. The van der Waals surface area contributed by atoms with Gasteiger partial charge in [-0.15, -0.1) is 0 Å². The lowest BCUT2D eigenvalue weighted by Crippen LogP contribution is -2.43. The summed E-state index contributed by atoms with van der Waals surface area (Å²) in [4.78, 5) is 2.29. The van der Waals surface area contributed by atoms with E-state index in [0.29, 0.717) is 24.8 Å². The van der Waals surface area contributed by atoms with Crippen LogP contribution in [-0.2, 0) is 14.8 Å². The summed E-state index contributed by atoms with van der Waals surface area (Å²) in [5.41, 5.74) is 0.905. The van der Waals surface area contributed by atoms with E-state index in [1.807, 2.05) is 30.3 Å². The molecule has 1 heterocycles. The van der Waals surface area contributed by atoms with E-state index in [0.717, 1.165) is 18.7 Å². The molecule has 0 saturated carbocycles. The molecular weight excluding hydrogens is 395 g/mol. The summed E-state index contributed by atoms with van der Waals surface area (Å²) in [5.74, 6) is 0. The molecule has 0 aliphatic carbocycles. The van der Waals surface area contributed by atoms with Gasteiger partial charge in [-0.05, 0) is 23.8 Å². The molecule has 1 atom stereocenters. The molecule has 140 valence electrons. The van der Waals surface area contributed by atoms with E-state index >= 15 is 0 Å². The first-order valence-electron chi connectivity index (χ1n) is 8.28. The third kappa shape index (κ3) is 4.97. The molecule has 0 bridgehead atoms. The van der Waals surface area contributed by atoms with Crippen molar-refractivity contribution in [2.75, 3.05) is 32.8 Å². The van der Waals surface area contributed by atoms with Crippen molar-refractivity contribution >= 4 is 33.2 Å². The van der Waals surface area contributed by atoms with Gasteiger partial charge in [0.05, 0.1) is 34.2 Å². The highest BCUT2D eigenvalue weighted by atomic mass is 35.5. The SMILES string of the molecule is O=S(=O)(N[C@@H](CN1CCOCC1)c1ccccc1)c1ccc(Cl)c(Cl)c1. The van der Waals surface area contributed by atoms with Crippen LogP contribution in [0.25, 0.3) is 0 Å². The van der Waals surface area contributed by atoms with Crippen molar-refractivity contribution in [3.63, 3.8) is 0 Å². The number of morpholine rings is 1. The maximum Gasteiger partial charge on any atom is 0.241 e. The fraction of sp³-hybridized carbons (Fsp3) is 0.333. The predicted octanol–water partition coefficient (Wildman–Crippen LogP) is 3.35. The number of rotatable bonds is 6. The molecule has 0 radical (unpaired) electrons. The minimum atomic E-state index is -3.75. The number of nitrogens with zero attached hydrogens (tertiary/aromatic N) is 1. The second kappa shape index (κ2) is 8.69. The maximum absolute atomic E-state index is 12.9. The van der Waals surface area contributed by atoms with Crippen molar-refractivity contribution in [2.24, 2.45) is 0 Å². The van der Waals surface area contributed by atoms with Crippen LogP contribution in [0.15, 0.2) is 53.4 Å². The number of halogens is 2. The van der Waals surface area contributed by atoms with Crippen molar-refractivity contribution < 1.29 is 13.2 Å². The second-order valence-corrected chi connectivity index (χ2v) is 8.60. The van der Waals surface area contributed by atoms with Crippen LogP contribution < -0.4 is 4.72 Å². The topological polar surface area (TPSA) is 58.6 Å². The number of ether oxygens (including phenoxy) is 1. The fourth-order valence-corrected chi connectivity index (χ4v) is 4.44. The van der Waals surface area contributed by atoms with Crippen LogP contribution in [0.2, 0.25) is 10.0 Å². The van der Waals surface area contributed by atoms with Gasteiger partial charge in [0.15, 0.2) is 0 Å². The molecule has 0 amide bonds. The number of nitrogens with one attached hydrogen (secondary N) is 1. The molecule has 26 heavy (non-hydrogen) atoms. The summed E-state index contributed by atoms with van der Waals surface area (Å²) < 4.78 is 33.9. The molecule has 2 aromatic carbocycles. The van der Waals surface area contributed by atoms with Gasteiger partial charge in [0.2, 0.25) is 10.0 Å². The molecule has 1 aliphatic rings. The van der Waals surface area contributed by atoms with E-state index in [1.54, 1.807) is 0 Å². The number of hydrogen-bond donors (Lipinski definition) is 1. The average Bonchev–Trinajstić information content (AvgIpc) is 2.65. The minimum absolute atomic E-state index is 0.0924. The first-order chi connectivity index (χ1) is 12.5. The van der Waals surface area contributed by atoms with Crippen LogP contribution in [0.3, 0.4) is 0 Å². The zero-order valence-electron chi connectivity index (χ0n) is 14.1. The van der Waals surface area contributed by atoms with Crippen LogP contribution in [0.1, 0.15) is 11.6 Å². The molecule has 8 heteroatoms. The van der Waals surface area contributed by atoms with E-state index in [4.69, 9.17) is 27.9 Å². The van der Waals surface area contributed by atoms with Crippen LogP contribution >= 0.6 is 23.2 Å². The van der Waals surface area contributed by atoms with Gasteiger partial charge in [-0.2, -0.15) is 0 Å². The number of sulfonamides is 1. The van der Waals surface area contributed by atoms with Gasteiger partial charge in [0.1, 0.15) is 0 Å². The molecule has 1 N–H and O–H groups in total. The first kappa shape index (κ1) is 19.6. The van der Waals surface area contributed by atoms with Crippen molar-refractivity contribution in [2.45, 2.75) is 10.9 Å². The summed E-state index contributed by atoms with van der Waals surface area (Å²) in [6.45, 7) is 3.42. The van der Waals surface area contributed by atoms with E-state index in [1.165, 1.54) is 18.2 Å². The largest absolute Gasteiger partial charge is 0.379 e. The van der Waals surface area contributed by atoms with E-state index in [2.05, 4.69) is 9.62 Å². The molecule has 0 unspecified atom stereocenters. The van der Waals surface area contributed by atoms with Gasteiger partial charge >= 0.3 is 0 Å². The van der Waals surface area contributed by atoms with Crippen molar-refractivity contribution in [1.29, 1.82) is 0 Å². The molecule has 1 fully saturated rings. The maximum atomic E-state index is 12.9. The number of hydrogen-bond acceptors (Lipinski definition) is 4. The first-order valence-corrected chi connectivity index (χ1v) is 10.5. The van der Waals surface area contributed by atoms with Crippen LogP contribution in [0.4, 0.5) is 0 Å². The number of benzene rings is 2. The smallest absolute Gasteiger partial charge is 0.241 e. The van der Waals surface area contributed by atoms with Crippen LogP contribution in [-0.4, -0.2) is 46.2 Å². The lowest BCUT2D eigenvalue weighted by molar-refractivity contribution is 0.0345. The highest BCUT2D eigenvalue weighted by molar-refractivity contribution is 7.89. The Hall–Kier alpha value is -1.15.